The van der Waals surface area contributed by atoms with E-state index < -0.39 is 0 Å². The fourth-order valence-corrected chi connectivity index (χ4v) is 5.66. The minimum atomic E-state index is 1.06. The Labute approximate surface area is 188 Å². The van der Waals surface area contributed by atoms with E-state index in [1.54, 1.807) is 0 Å². The molecule has 1 heterocycles. The molecule has 0 fully saturated rings. The Morgan fingerprint density at radius 1 is 0.935 bits per heavy atom. The van der Waals surface area contributed by atoms with Crippen LogP contribution in [-0.4, -0.2) is 0 Å². The number of hydrogen-bond acceptors (Lipinski definition) is 2. The zero-order valence-electron chi connectivity index (χ0n) is 18.0. The van der Waals surface area contributed by atoms with Gasteiger partial charge in [-0.25, -0.2) is 0 Å². The summed E-state index contributed by atoms with van der Waals surface area (Å²) < 4.78 is 2.67. The molecule has 0 saturated carbocycles. The van der Waals surface area contributed by atoms with E-state index in [0.29, 0.717) is 0 Å². The maximum Gasteiger partial charge on any atom is 0.0496 e. The summed E-state index contributed by atoms with van der Waals surface area (Å²) in [6.07, 6.45) is 20.3. The van der Waals surface area contributed by atoms with Gasteiger partial charge in [0, 0.05) is 42.8 Å². The van der Waals surface area contributed by atoms with E-state index in [2.05, 4.69) is 97.3 Å². The molecule has 0 radical (unpaired) electrons. The number of rotatable bonds is 5. The van der Waals surface area contributed by atoms with Gasteiger partial charge in [0.25, 0.3) is 0 Å². The summed E-state index contributed by atoms with van der Waals surface area (Å²) in [5, 5.41) is 2.65. The van der Waals surface area contributed by atoms with Crippen LogP contribution in [0.2, 0.25) is 0 Å². The first-order valence-electron chi connectivity index (χ1n) is 11.1. The SMILES string of the molecule is C=C/C(=C\C)N(C1=CCCC=C1C1=CCCC=C1)c1ccc2sc3ccccc3c2c1. The van der Waals surface area contributed by atoms with Crippen molar-refractivity contribution in [3.63, 3.8) is 0 Å². The number of benzene rings is 2. The van der Waals surface area contributed by atoms with Gasteiger partial charge in [-0.3, -0.25) is 0 Å². The molecule has 1 nitrogen and oxygen atoms in total. The molecule has 2 aromatic carbocycles. The monoisotopic (exact) mass is 421 g/mol. The van der Waals surface area contributed by atoms with Crippen LogP contribution in [0.3, 0.4) is 0 Å². The highest BCUT2D eigenvalue weighted by Gasteiger charge is 2.22. The number of thiophene rings is 1. The highest BCUT2D eigenvalue weighted by molar-refractivity contribution is 7.25. The maximum atomic E-state index is 4.13. The Kier molecular flexibility index (Phi) is 5.48. The largest absolute Gasteiger partial charge is 0.311 e. The van der Waals surface area contributed by atoms with Crippen molar-refractivity contribution in [3.05, 3.63) is 114 Å². The van der Waals surface area contributed by atoms with Gasteiger partial charge in [-0.2, -0.15) is 0 Å². The minimum absolute atomic E-state index is 1.06. The zero-order chi connectivity index (χ0) is 21.2. The van der Waals surface area contributed by atoms with Crippen molar-refractivity contribution in [1.29, 1.82) is 0 Å². The Bertz CT molecular complexity index is 1310. The Morgan fingerprint density at radius 2 is 1.74 bits per heavy atom. The molecule has 0 atom stereocenters. The normalized spacial score (nSPS) is 16.8. The van der Waals surface area contributed by atoms with Gasteiger partial charge in [0.05, 0.1) is 0 Å². The van der Waals surface area contributed by atoms with Crippen LogP contribution < -0.4 is 4.90 Å². The van der Waals surface area contributed by atoms with Gasteiger partial charge in [0.1, 0.15) is 0 Å². The summed E-state index contributed by atoms with van der Waals surface area (Å²) >= 11 is 1.86. The third-order valence-corrected chi connectivity index (χ3v) is 7.21. The summed E-state index contributed by atoms with van der Waals surface area (Å²) in [6, 6.07) is 15.6. The lowest BCUT2D eigenvalue weighted by Crippen LogP contribution is -2.24. The molecule has 154 valence electrons. The topological polar surface area (TPSA) is 3.24 Å². The molecule has 0 saturated heterocycles. The lowest BCUT2D eigenvalue weighted by Gasteiger charge is -2.32. The summed E-state index contributed by atoms with van der Waals surface area (Å²) in [7, 11) is 0. The Balaban J connectivity index is 1.68. The molecule has 1 aromatic heterocycles. The molecule has 5 rings (SSSR count). The van der Waals surface area contributed by atoms with Gasteiger partial charge in [-0.15, -0.1) is 11.3 Å². The standard InChI is InChI=1S/C29H27NS/c1-3-22(4-2)30(27-16-10-8-14-24(27)21-12-6-5-7-13-21)23-18-19-29-26(20-23)25-15-9-11-17-28(25)31-29/h3-4,6,9,11-20H,1,5,7-8,10H2,2H3/b22-4+. The van der Waals surface area contributed by atoms with E-state index in [1.807, 2.05) is 17.4 Å². The predicted octanol–water partition coefficient (Wildman–Crippen LogP) is 8.83. The van der Waals surface area contributed by atoms with Crippen molar-refractivity contribution in [3.8, 4) is 0 Å². The maximum absolute atomic E-state index is 4.13. The molecule has 0 bridgehead atoms. The lowest BCUT2D eigenvalue weighted by molar-refractivity contribution is 0.951. The zero-order valence-corrected chi connectivity index (χ0v) is 18.8. The molecular weight excluding hydrogens is 394 g/mol. The number of hydrogen-bond donors (Lipinski definition) is 0. The second kappa shape index (κ2) is 8.56. The van der Waals surface area contributed by atoms with Gasteiger partial charge in [-0.1, -0.05) is 61.2 Å². The molecule has 0 spiro atoms. The average molecular weight is 422 g/mol. The molecule has 2 aliphatic carbocycles. The molecule has 31 heavy (non-hydrogen) atoms. The van der Waals surface area contributed by atoms with Crippen molar-refractivity contribution in [1.82, 2.24) is 0 Å². The van der Waals surface area contributed by atoms with E-state index in [-0.39, 0.29) is 0 Å². The first kappa shape index (κ1) is 19.8. The Morgan fingerprint density at radius 3 is 2.55 bits per heavy atom. The van der Waals surface area contributed by atoms with Crippen LogP contribution in [0, 0.1) is 0 Å². The summed E-state index contributed by atoms with van der Waals surface area (Å²) in [5.41, 5.74) is 6.22. The van der Waals surface area contributed by atoms with Crippen molar-refractivity contribution in [2.75, 3.05) is 4.90 Å². The average Bonchev–Trinajstić information content (AvgIpc) is 3.21. The molecular formula is C29H27NS. The van der Waals surface area contributed by atoms with Crippen LogP contribution in [0.15, 0.2) is 114 Å². The third kappa shape index (κ3) is 3.62. The number of fused-ring (bicyclic) bond motifs is 3. The fraction of sp³-hybridized carbons (Fsp3) is 0.172. The van der Waals surface area contributed by atoms with Crippen LogP contribution in [0.25, 0.3) is 20.2 Å². The van der Waals surface area contributed by atoms with E-state index in [1.165, 1.54) is 42.7 Å². The van der Waals surface area contributed by atoms with Gasteiger partial charge in [0.2, 0.25) is 0 Å². The molecule has 2 heteroatoms. The minimum Gasteiger partial charge on any atom is -0.311 e. The second-order valence-electron chi connectivity index (χ2n) is 7.96. The van der Waals surface area contributed by atoms with E-state index in [4.69, 9.17) is 0 Å². The molecule has 3 aromatic rings. The van der Waals surface area contributed by atoms with Crippen LogP contribution in [0.5, 0.6) is 0 Å². The van der Waals surface area contributed by atoms with Crippen LogP contribution in [-0.2, 0) is 0 Å². The molecule has 0 unspecified atom stereocenters. The summed E-state index contributed by atoms with van der Waals surface area (Å²) in [5.74, 6) is 0. The molecule has 0 aliphatic heterocycles. The highest BCUT2D eigenvalue weighted by Crippen LogP contribution is 2.40. The van der Waals surface area contributed by atoms with E-state index in [9.17, 15) is 0 Å². The predicted molar refractivity (Wildman–Crippen MR) is 138 cm³/mol. The summed E-state index contributed by atoms with van der Waals surface area (Å²) in [4.78, 5) is 2.38. The number of allylic oxidation sites excluding steroid dienone is 8. The van der Waals surface area contributed by atoms with E-state index >= 15 is 0 Å². The van der Waals surface area contributed by atoms with E-state index in [0.717, 1.165) is 31.4 Å². The van der Waals surface area contributed by atoms with Crippen molar-refractivity contribution >= 4 is 37.2 Å². The molecule has 0 amide bonds. The highest BCUT2D eigenvalue weighted by atomic mass is 32.1. The van der Waals surface area contributed by atoms with Crippen LogP contribution in [0.1, 0.15) is 32.6 Å². The first-order valence-corrected chi connectivity index (χ1v) is 11.9. The lowest BCUT2D eigenvalue weighted by atomic mass is 9.91. The number of nitrogens with zero attached hydrogens (tertiary/aromatic N) is 1. The van der Waals surface area contributed by atoms with Gasteiger partial charge >= 0.3 is 0 Å². The summed E-state index contributed by atoms with van der Waals surface area (Å²) in [6.45, 7) is 6.22. The smallest absolute Gasteiger partial charge is 0.0496 e. The van der Waals surface area contributed by atoms with Crippen LogP contribution >= 0.6 is 11.3 Å². The van der Waals surface area contributed by atoms with Crippen molar-refractivity contribution in [2.24, 2.45) is 0 Å². The second-order valence-corrected chi connectivity index (χ2v) is 9.04. The van der Waals surface area contributed by atoms with Crippen LogP contribution in [0.4, 0.5) is 5.69 Å². The van der Waals surface area contributed by atoms with Crippen molar-refractivity contribution in [2.45, 2.75) is 32.6 Å². The third-order valence-electron chi connectivity index (χ3n) is 6.06. The van der Waals surface area contributed by atoms with Gasteiger partial charge in [-0.05, 0) is 68.5 Å². The molecule has 2 aliphatic rings. The quantitative estimate of drug-likeness (QED) is 0.372. The fourth-order valence-electron chi connectivity index (χ4n) is 4.57. The first-order chi connectivity index (χ1) is 15.3. The Hall–Kier alpha value is -3.10. The van der Waals surface area contributed by atoms with Gasteiger partial charge in [0.15, 0.2) is 0 Å². The van der Waals surface area contributed by atoms with Crippen molar-refractivity contribution < 1.29 is 0 Å². The number of anilines is 1. The van der Waals surface area contributed by atoms with Gasteiger partial charge < -0.3 is 4.90 Å². The molecule has 0 N–H and O–H groups in total.